The van der Waals surface area contributed by atoms with E-state index in [9.17, 15) is 14.0 Å². The number of hydrogen-bond donors (Lipinski definition) is 1. The number of ether oxygens (including phenoxy) is 3. The summed E-state index contributed by atoms with van der Waals surface area (Å²) in [7, 11) is 1.37. The first-order valence-electron chi connectivity index (χ1n) is 10.7. The van der Waals surface area contributed by atoms with Gasteiger partial charge in [0, 0.05) is 38.7 Å². The molecule has 0 saturated carbocycles. The quantitative estimate of drug-likeness (QED) is 0.415. The molecule has 1 aromatic carbocycles. The van der Waals surface area contributed by atoms with Gasteiger partial charge in [0.15, 0.2) is 11.4 Å². The van der Waals surface area contributed by atoms with E-state index in [2.05, 4.69) is 4.99 Å². The van der Waals surface area contributed by atoms with Crippen LogP contribution in [0.5, 0.6) is 0 Å². The average Bonchev–Trinajstić information content (AvgIpc) is 2.70. The van der Waals surface area contributed by atoms with Crippen molar-refractivity contribution in [3.63, 3.8) is 0 Å². The maximum atomic E-state index is 14.6. The SMILES string of the molecule is COC(=NC(=N)c1ccc(F)c(N2CCN(C(=O)OC(C)(C)C)CC2)c1)C(C)(C)OC(C)=O. The van der Waals surface area contributed by atoms with E-state index in [4.69, 9.17) is 19.6 Å². The molecule has 33 heavy (non-hydrogen) atoms. The minimum Gasteiger partial charge on any atom is -0.481 e. The van der Waals surface area contributed by atoms with Crippen molar-refractivity contribution in [2.75, 3.05) is 38.2 Å². The Hall–Kier alpha value is -3.17. The zero-order valence-corrected chi connectivity index (χ0v) is 20.3. The molecule has 1 fully saturated rings. The van der Waals surface area contributed by atoms with E-state index in [0.717, 1.165) is 0 Å². The van der Waals surface area contributed by atoms with Gasteiger partial charge in [-0.1, -0.05) is 0 Å². The third-order valence-corrected chi connectivity index (χ3v) is 4.81. The van der Waals surface area contributed by atoms with Crippen molar-refractivity contribution < 1.29 is 28.2 Å². The van der Waals surface area contributed by atoms with Crippen molar-refractivity contribution in [1.29, 1.82) is 5.41 Å². The van der Waals surface area contributed by atoms with Crippen molar-refractivity contribution in [2.45, 2.75) is 52.7 Å². The van der Waals surface area contributed by atoms with E-state index in [1.807, 2.05) is 25.7 Å². The number of amidine groups is 1. The van der Waals surface area contributed by atoms with Crippen molar-refractivity contribution in [3.8, 4) is 0 Å². The van der Waals surface area contributed by atoms with Crippen LogP contribution in [-0.4, -0.2) is 73.2 Å². The molecule has 0 radical (unpaired) electrons. The Balaban J connectivity index is 2.17. The highest BCUT2D eigenvalue weighted by molar-refractivity contribution is 6.05. The summed E-state index contributed by atoms with van der Waals surface area (Å²) < 4.78 is 30.5. The molecule has 1 heterocycles. The number of piperazine rings is 1. The Bertz CT molecular complexity index is 931. The molecule has 0 spiro atoms. The molecular formula is C23H33FN4O5. The second-order valence-corrected chi connectivity index (χ2v) is 9.19. The number of halogens is 1. The number of benzene rings is 1. The number of rotatable bonds is 4. The Morgan fingerprint density at radius 2 is 1.67 bits per heavy atom. The van der Waals surface area contributed by atoms with Crippen LogP contribution in [0.3, 0.4) is 0 Å². The van der Waals surface area contributed by atoms with E-state index in [0.29, 0.717) is 37.4 Å². The van der Waals surface area contributed by atoms with Crippen LogP contribution in [0.4, 0.5) is 14.9 Å². The normalized spacial score (nSPS) is 15.2. The van der Waals surface area contributed by atoms with Crippen molar-refractivity contribution in [3.05, 3.63) is 29.6 Å². The van der Waals surface area contributed by atoms with E-state index >= 15 is 0 Å². The van der Waals surface area contributed by atoms with Crippen LogP contribution in [0, 0.1) is 11.2 Å². The lowest BCUT2D eigenvalue weighted by Crippen LogP contribution is -2.50. The summed E-state index contributed by atoms with van der Waals surface area (Å²) in [5.41, 5.74) is -1.07. The molecular weight excluding hydrogens is 431 g/mol. The lowest BCUT2D eigenvalue weighted by molar-refractivity contribution is -0.149. The third kappa shape index (κ3) is 7.16. The van der Waals surface area contributed by atoms with Crippen molar-refractivity contribution >= 4 is 29.5 Å². The maximum absolute atomic E-state index is 14.6. The monoisotopic (exact) mass is 464 g/mol. The zero-order chi connectivity index (χ0) is 25.0. The van der Waals surface area contributed by atoms with Gasteiger partial charge in [-0.25, -0.2) is 9.18 Å². The highest BCUT2D eigenvalue weighted by atomic mass is 19.1. The summed E-state index contributed by atoms with van der Waals surface area (Å²) in [5, 5.41) is 8.36. The second kappa shape index (κ2) is 10.2. The van der Waals surface area contributed by atoms with Crippen LogP contribution in [-0.2, 0) is 19.0 Å². The Kier molecular flexibility index (Phi) is 8.05. The Morgan fingerprint density at radius 3 is 2.18 bits per heavy atom. The number of esters is 1. The van der Waals surface area contributed by atoms with Gasteiger partial charge in [-0.05, 0) is 52.8 Å². The van der Waals surface area contributed by atoms with Crippen molar-refractivity contribution in [2.24, 2.45) is 4.99 Å². The average molecular weight is 465 g/mol. The molecule has 1 N–H and O–H groups in total. The number of carbonyl (C=O) groups excluding carboxylic acids is 2. The van der Waals surface area contributed by atoms with Gasteiger partial charge in [0.25, 0.3) is 0 Å². The lowest BCUT2D eigenvalue weighted by Gasteiger charge is -2.37. The summed E-state index contributed by atoms with van der Waals surface area (Å²) in [6.07, 6.45) is -0.394. The molecule has 10 heteroatoms. The predicted molar refractivity (Wildman–Crippen MR) is 124 cm³/mol. The number of amides is 1. The summed E-state index contributed by atoms with van der Waals surface area (Å²) >= 11 is 0. The highest BCUT2D eigenvalue weighted by Gasteiger charge is 2.31. The van der Waals surface area contributed by atoms with Crippen LogP contribution >= 0.6 is 0 Å². The van der Waals surface area contributed by atoms with Crippen LogP contribution in [0.15, 0.2) is 23.2 Å². The Labute approximate surface area is 194 Å². The molecule has 0 aliphatic carbocycles. The van der Waals surface area contributed by atoms with E-state index in [1.54, 1.807) is 18.7 Å². The van der Waals surface area contributed by atoms with Crippen LogP contribution in [0.1, 0.15) is 47.1 Å². The fraction of sp³-hybridized carbons (Fsp3) is 0.565. The van der Waals surface area contributed by atoms with Crippen LogP contribution in [0.25, 0.3) is 0 Å². The summed E-state index contributed by atoms with van der Waals surface area (Å²) in [6, 6.07) is 4.27. The molecule has 1 amide bonds. The van der Waals surface area contributed by atoms with Crippen LogP contribution in [0.2, 0.25) is 0 Å². The summed E-state index contributed by atoms with van der Waals surface area (Å²) in [4.78, 5) is 31.2. The predicted octanol–water partition coefficient (Wildman–Crippen LogP) is 3.59. The number of hydrogen-bond acceptors (Lipinski definition) is 7. The van der Waals surface area contributed by atoms with Crippen molar-refractivity contribution in [1.82, 2.24) is 4.90 Å². The van der Waals surface area contributed by atoms with Crippen LogP contribution < -0.4 is 4.90 Å². The molecule has 182 valence electrons. The van der Waals surface area contributed by atoms with E-state index in [1.165, 1.54) is 32.2 Å². The molecule has 9 nitrogen and oxygen atoms in total. The topological polar surface area (TPSA) is 105 Å². The standard InChI is InChI=1S/C23H33FN4O5/c1-15(29)32-23(5,6)20(31-7)26-19(25)16-8-9-17(24)18(14-16)27-10-12-28(13-11-27)21(30)33-22(2,3)4/h8-9,14,25H,10-13H2,1-7H3. The Morgan fingerprint density at radius 1 is 1.06 bits per heavy atom. The smallest absolute Gasteiger partial charge is 0.410 e. The number of anilines is 1. The van der Waals surface area contributed by atoms with Gasteiger partial charge in [0.1, 0.15) is 11.4 Å². The van der Waals surface area contributed by atoms with Gasteiger partial charge in [0.2, 0.25) is 5.90 Å². The number of aliphatic imine (C=N–C) groups is 1. The van der Waals surface area contributed by atoms with E-state index in [-0.39, 0.29) is 11.7 Å². The first-order valence-corrected chi connectivity index (χ1v) is 10.7. The number of methoxy groups -OCH3 is 1. The highest BCUT2D eigenvalue weighted by Crippen LogP contribution is 2.24. The summed E-state index contributed by atoms with van der Waals surface area (Å²) in [6.45, 7) is 11.5. The molecule has 0 atom stereocenters. The van der Waals surface area contributed by atoms with Gasteiger partial charge in [0.05, 0.1) is 12.8 Å². The summed E-state index contributed by atoms with van der Waals surface area (Å²) in [5.74, 6) is -1.07. The fourth-order valence-corrected chi connectivity index (χ4v) is 3.35. The molecule has 1 aliphatic heterocycles. The van der Waals surface area contributed by atoms with Gasteiger partial charge >= 0.3 is 12.1 Å². The molecule has 1 saturated heterocycles. The van der Waals surface area contributed by atoms with Gasteiger partial charge in [-0.15, -0.1) is 0 Å². The lowest BCUT2D eigenvalue weighted by atomic mass is 10.1. The number of nitrogens with one attached hydrogen (secondary N) is 1. The first-order chi connectivity index (χ1) is 15.2. The fourth-order valence-electron chi connectivity index (χ4n) is 3.35. The minimum atomic E-state index is -1.17. The van der Waals surface area contributed by atoms with E-state index < -0.39 is 29.1 Å². The first kappa shape index (κ1) is 26.1. The molecule has 0 unspecified atom stereocenters. The third-order valence-electron chi connectivity index (χ3n) is 4.81. The molecule has 0 bridgehead atoms. The number of carbonyl (C=O) groups is 2. The minimum absolute atomic E-state index is 0.0413. The second-order valence-electron chi connectivity index (χ2n) is 9.19. The van der Waals surface area contributed by atoms with Gasteiger partial charge < -0.3 is 24.0 Å². The number of nitrogens with zero attached hydrogens (tertiary/aromatic N) is 3. The van der Waals surface area contributed by atoms with Gasteiger partial charge in [-0.2, -0.15) is 4.99 Å². The zero-order valence-electron chi connectivity index (χ0n) is 20.3. The largest absolute Gasteiger partial charge is 0.481 e. The molecule has 0 aromatic heterocycles. The molecule has 1 aliphatic rings. The van der Waals surface area contributed by atoms with Gasteiger partial charge in [-0.3, -0.25) is 10.2 Å². The maximum Gasteiger partial charge on any atom is 0.410 e. The molecule has 2 rings (SSSR count). The molecule has 1 aromatic rings.